The van der Waals surface area contributed by atoms with Crippen molar-refractivity contribution >= 4 is 33.0 Å². The van der Waals surface area contributed by atoms with E-state index in [2.05, 4.69) is 0 Å². The van der Waals surface area contributed by atoms with Crippen LogP contribution >= 0.6 is 23.2 Å². The summed E-state index contributed by atoms with van der Waals surface area (Å²) in [4.78, 5) is 0. The second-order valence-corrected chi connectivity index (χ2v) is 9.40. The van der Waals surface area contributed by atoms with E-state index in [1.54, 1.807) is 32.9 Å². The van der Waals surface area contributed by atoms with Crippen LogP contribution in [0.2, 0.25) is 10.0 Å². The Morgan fingerprint density at radius 2 is 1.86 bits per heavy atom. The van der Waals surface area contributed by atoms with Crippen LogP contribution < -0.4 is 10.5 Å². The molecular weight excluding hydrogens is 333 g/mol. The standard InChI is InChI=1S/C14H21Cl2NO3S/c1-14(2,3)21(18,19)7-6-20-13-10(4-5-17)8-11(15)9-12(13)16/h8-9H,4-7,17H2,1-3H3. The third kappa shape index (κ3) is 5.02. The van der Waals surface area contributed by atoms with Crippen LogP contribution in [0, 0.1) is 0 Å². The first kappa shape index (κ1) is 18.6. The van der Waals surface area contributed by atoms with E-state index in [1.807, 2.05) is 0 Å². The summed E-state index contributed by atoms with van der Waals surface area (Å²) in [6, 6.07) is 3.30. The molecule has 21 heavy (non-hydrogen) atoms. The van der Waals surface area contributed by atoms with Crippen LogP contribution in [0.4, 0.5) is 0 Å². The van der Waals surface area contributed by atoms with Gasteiger partial charge in [0.25, 0.3) is 0 Å². The summed E-state index contributed by atoms with van der Waals surface area (Å²) in [7, 11) is -3.23. The Hall–Kier alpha value is -0.490. The van der Waals surface area contributed by atoms with E-state index in [9.17, 15) is 8.42 Å². The molecule has 0 aromatic heterocycles. The van der Waals surface area contributed by atoms with Crippen molar-refractivity contribution in [2.24, 2.45) is 5.73 Å². The molecule has 120 valence electrons. The van der Waals surface area contributed by atoms with Crippen LogP contribution in [0.1, 0.15) is 26.3 Å². The maximum Gasteiger partial charge on any atom is 0.158 e. The normalized spacial score (nSPS) is 12.5. The Morgan fingerprint density at radius 1 is 1.24 bits per heavy atom. The maximum atomic E-state index is 12.0. The summed E-state index contributed by atoms with van der Waals surface area (Å²) in [6.45, 7) is 5.46. The first-order valence-corrected chi connectivity index (χ1v) is 9.02. The second kappa shape index (κ2) is 7.18. The van der Waals surface area contributed by atoms with Crippen molar-refractivity contribution in [1.82, 2.24) is 0 Å². The highest BCUT2D eigenvalue weighted by atomic mass is 35.5. The lowest BCUT2D eigenvalue weighted by Crippen LogP contribution is -2.32. The molecule has 0 aliphatic carbocycles. The smallest absolute Gasteiger partial charge is 0.158 e. The molecule has 0 spiro atoms. The van der Waals surface area contributed by atoms with E-state index in [0.717, 1.165) is 5.56 Å². The maximum absolute atomic E-state index is 12.0. The molecule has 0 aliphatic rings. The Kier molecular flexibility index (Phi) is 6.35. The zero-order chi connectivity index (χ0) is 16.3. The summed E-state index contributed by atoms with van der Waals surface area (Å²) in [6.07, 6.45) is 0.557. The quantitative estimate of drug-likeness (QED) is 0.852. The van der Waals surface area contributed by atoms with Gasteiger partial charge in [-0.1, -0.05) is 23.2 Å². The van der Waals surface area contributed by atoms with Crippen molar-refractivity contribution in [2.75, 3.05) is 18.9 Å². The van der Waals surface area contributed by atoms with Crippen molar-refractivity contribution < 1.29 is 13.2 Å². The average Bonchev–Trinajstić information content (AvgIpc) is 2.31. The van der Waals surface area contributed by atoms with Gasteiger partial charge in [0.1, 0.15) is 12.4 Å². The Labute approximate surface area is 136 Å². The van der Waals surface area contributed by atoms with Crippen LogP contribution in [0.3, 0.4) is 0 Å². The Balaban J connectivity index is 2.85. The van der Waals surface area contributed by atoms with E-state index >= 15 is 0 Å². The first-order chi connectivity index (χ1) is 9.58. The number of halogens is 2. The SMILES string of the molecule is CC(C)(C)S(=O)(=O)CCOc1c(Cl)cc(Cl)cc1CCN. The van der Waals surface area contributed by atoms with Crippen molar-refractivity contribution in [1.29, 1.82) is 0 Å². The van der Waals surface area contributed by atoms with Gasteiger partial charge in [-0.15, -0.1) is 0 Å². The second-order valence-electron chi connectivity index (χ2n) is 5.69. The van der Waals surface area contributed by atoms with E-state index in [1.165, 1.54) is 0 Å². The van der Waals surface area contributed by atoms with Crippen molar-refractivity contribution in [2.45, 2.75) is 31.9 Å². The van der Waals surface area contributed by atoms with E-state index in [0.29, 0.717) is 28.8 Å². The molecule has 0 atom stereocenters. The lowest BCUT2D eigenvalue weighted by atomic mass is 10.1. The molecular formula is C14H21Cl2NO3S. The number of rotatable bonds is 6. The summed E-state index contributed by atoms with van der Waals surface area (Å²) in [5.41, 5.74) is 6.33. The fraction of sp³-hybridized carbons (Fsp3) is 0.571. The molecule has 0 radical (unpaired) electrons. The average molecular weight is 354 g/mol. The van der Waals surface area contributed by atoms with E-state index < -0.39 is 14.6 Å². The summed E-state index contributed by atoms with van der Waals surface area (Å²) < 4.78 is 28.9. The van der Waals surface area contributed by atoms with Gasteiger partial charge in [0.05, 0.1) is 15.5 Å². The van der Waals surface area contributed by atoms with Gasteiger partial charge in [-0.3, -0.25) is 0 Å². The van der Waals surface area contributed by atoms with Crippen LogP contribution in [-0.2, 0) is 16.3 Å². The number of nitrogens with two attached hydrogens (primary N) is 1. The molecule has 1 rings (SSSR count). The Morgan fingerprint density at radius 3 is 2.38 bits per heavy atom. The molecule has 0 saturated heterocycles. The minimum Gasteiger partial charge on any atom is -0.491 e. The Bertz CT molecular complexity index is 595. The van der Waals surface area contributed by atoms with Crippen molar-refractivity contribution in [3.63, 3.8) is 0 Å². The van der Waals surface area contributed by atoms with Crippen LogP contribution in [-0.4, -0.2) is 32.1 Å². The molecule has 7 heteroatoms. The lowest BCUT2D eigenvalue weighted by molar-refractivity contribution is 0.336. The van der Waals surface area contributed by atoms with E-state index in [4.69, 9.17) is 33.7 Å². The largest absolute Gasteiger partial charge is 0.491 e. The summed E-state index contributed by atoms with van der Waals surface area (Å²) in [5.74, 6) is 0.382. The molecule has 0 fully saturated rings. The fourth-order valence-electron chi connectivity index (χ4n) is 1.68. The number of hydrogen-bond donors (Lipinski definition) is 1. The zero-order valence-corrected chi connectivity index (χ0v) is 14.8. The van der Waals surface area contributed by atoms with Crippen LogP contribution in [0.5, 0.6) is 5.75 Å². The predicted molar refractivity (Wildman–Crippen MR) is 88.3 cm³/mol. The van der Waals surface area contributed by atoms with E-state index in [-0.39, 0.29) is 12.4 Å². The van der Waals surface area contributed by atoms with Gasteiger partial charge in [0.15, 0.2) is 9.84 Å². The molecule has 0 unspecified atom stereocenters. The molecule has 1 aromatic rings. The highest BCUT2D eigenvalue weighted by Crippen LogP contribution is 2.32. The number of benzene rings is 1. The van der Waals surface area contributed by atoms with Crippen molar-refractivity contribution in [3.8, 4) is 5.75 Å². The molecule has 0 saturated carbocycles. The number of sulfone groups is 1. The monoisotopic (exact) mass is 353 g/mol. The van der Waals surface area contributed by atoms with Gasteiger partial charge in [0.2, 0.25) is 0 Å². The predicted octanol–water partition coefficient (Wildman–Crippen LogP) is 3.09. The highest BCUT2D eigenvalue weighted by molar-refractivity contribution is 7.92. The summed E-state index contributed by atoms with van der Waals surface area (Å²) >= 11 is 12.1. The first-order valence-electron chi connectivity index (χ1n) is 6.61. The summed E-state index contributed by atoms with van der Waals surface area (Å²) in [5, 5.41) is 0.859. The molecule has 1 aromatic carbocycles. The number of hydrogen-bond acceptors (Lipinski definition) is 4. The molecule has 0 aliphatic heterocycles. The minimum absolute atomic E-state index is 0.0402. The van der Waals surface area contributed by atoms with Gasteiger partial charge in [-0.05, 0) is 51.4 Å². The van der Waals surface area contributed by atoms with Gasteiger partial charge in [-0.25, -0.2) is 8.42 Å². The molecule has 0 amide bonds. The van der Waals surface area contributed by atoms with Crippen LogP contribution in [0.25, 0.3) is 0 Å². The minimum atomic E-state index is -3.23. The van der Waals surface area contributed by atoms with Gasteiger partial charge >= 0.3 is 0 Å². The van der Waals surface area contributed by atoms with Gasteiger partial charge in [0, 0.05) is 5.02 Å². The van der Waals surface area contributed by atoms with Crippen molar-refractivity contribution in [3.05, 3.63) is 27.7 Å². The topological polar surface area (TPSA) is 69.4 Å². The third-order valence-electron chi connectivity index (χ3n) is 3.03. The molecule has 2 N–H and O–H groups in total. The highest BCUT2D eigenvalue weighted by Gasteiger charge is 2.28. The lowest BCUT2D eigenvalue weighted by Gasteiger charge is -2.20. The van der Waals surface area contributed by atoms with Gasteiger partial charge in [-0.2, -0.15) is 0 Å². The number of ether oxygens (including phenoxy) is 1. The van der Waals surface area contributed by atoms with Gasteiger partial charge < -0.3 is 10.5 Å². The third-order valence-corrected chi connectivity index (χ3v) is 6.10. The molecule has 0 heterocycles. The fourth-order valence-corrected chi connectivity index (χ4v) is 3.18. The van der Waals surface area contributed by atoms with Crippen LogP contribution in [0.15, 0.2) is 12.1 Å². The molecule has 4 nitrogen and oxygen atoms in total. The zero-order valence-electron chi connectivity index (χ0n) is 12.4. The molecule has 0 bridgehead atoms.